The molecule has 0 atom stereocenters. The number of carbonyl (C=O) groups excluding carboxylic acids is 1. The van der Waals surface area contributed by atoms with E-state index in [4.69, 9.17) is 4.74 Å². The molecule has 3 rings (SSSR count). The first-order valence-electron chi connectivity index (χ1n) is 7.23. The molecule has 2 aromatic rings. The van der Waals surface area contributed by atoms with Gasteiger partial charge in [-0.3, -0.25) is 0 Å². The monoisotopic (exact) mass is 318 g/mol. The van der Waals surface area contributed by atoms with Gasteiger partial charge in [-0.2, -0.15) is 0 Å². The van der Waals surface area contributed by atoms with Gasteiger partial charge in [0.25, 0.3) is 0 Å². The van der Waals surface area contributed by atoms with E-state index in [2.05, 4.69) is 15.1 Å². The van der Waals surface area contributed by atoms with Gasteiger partial charge in [0, 0.05) is 26.2 Å². The maximum absolute atomic E-state index is 12.1. The normalized spacial score (nSPS) is 15.0. The van der Waals surface area contributed by atoms with E-state index >= 15 is 0 Å². The first-order chi connectivity index (χ1) is 10.7. The number of hydrogen-bond donors (Lipinski definition) is 0. The molecule has 116 valence electrons. The van der Waals surface area contributed by atoms with E-state index in [0.717, 1.165) is 28.8 Å². The summed E-state index contributed by atoms with van der Waals surface area (Å²) in [6.07, 6.45) is -0.253. The van der Waals surface area contributed by atoms with Crippen LogP contribution in [-0.4, -0.2) is 47.4 Å². The van der Waals surface area contributed by atoms with Gasteiger partial charge >= 0.3 is 6.09 Å². The molecule has 0 aliphatic carbocycles. The Morgan fingerprint density at radius 3 is 2.55 bits per heavy atom. The Morgan fingerprint density at radius 1 is 1.18 bits per heavy atom. The Balaban J connectivity index is 1.47. The maximum atomic E-state index is 12.1. The summed E-state index contributed by atoms with van der Waals surface area (Å²) in [5, 5.41) is 10.1. The lowest BCUT2D eigenvalue weighted by Gasteiger charge is -2.33. The molecular weight excluding hydrogens is 300 g/mol. The molecule has 1 fully saturated rings. The SMILES string of the molecule is Cc1nnc(N2CCN(C(=O)OCc3ccccc3)CC2)s1. The highest BCUT2D eigenvalue weighted by Crippen LogP contribution is 2.21. The zero-order valence-corrected chi connectivity index (χ0v) is 13.3. The van der Waals surface area contributed by atoms with Crippen LogP contribution >= 0.6 is 11.3 Å². The van der Waals surface area contributed by atoms with Crippen molar-refractivity contribution in [1.82, 2.24) is 15.1 Å². The highest BCUT2D eigenvalue weighted by atomic mass is 32.1. The quantitative estimate of drug-likeness (QED) is 0.869. The molecule has 1 aromatic carbocycles. The molecule has 6 nitrogen and oxygen atoms in total. The summed E-state index contributed by atoms with van der Waals surface area (Å²) in [4.78, 5) is 16.0. The Morgan fingerprint density at radius 2 is 1.91 bits per heavy atom. The second kappa shape index (κ2) is 6.74. The van der Waals surface area contributed by atoms with Crippen LogP contribution in [0.3, 0.4) is 0 Å². The number of aromatic nitrogens is 2. The van der Waals surface area contributed by atoms with E-state index in [1.54, 1.807) is 16.2 Å². The number of aryl methyl sites for hydroxylation is 1. The van der Waals surface area contributed by atoms with Gasteiger partial charge < -0.3 is 14.5 Å². The van der Waals surface area contributed by atoms with Crippen molar-refractivity contribution in [3.63, 3.8) is 0 Å². The number of rotatable bonds is 3. The molecule has 1 aliphatic heterocycles. The van der Waals surface area contributed by atoms with Crippen molar-refractivity contribution in [2.45, 2.75) is 13.5 Å². The second-order valence-electron chi connectivity index (χ2n) is 5.12. The second-order valence-corrected chi connectivity index (χ2v) is 6.28. The minimum absolute atomic E-state index is 0.253. The predicted molar refractivity (Wildman–Crippen MR) is 85.1 cm³/mol. The van der Waals surface area contributed by atoms with E-state index in [-0.39, 0.29) is 6.09 Å². The van der Waals surface area contributed by atoms with Gasteiger partial charge in [0.2, 0.25) is 5.13 Å². The van der Waals surface area contributed by atoms with Crippen LogP contribution in [0.15, 0.2) is 30.3 Å². The largest absolute Gasteiger partial charge is 0.445 e. The summed E-state index contributed by atoms with van der Waals surface area (Å²) in [5.74, 6) is 0. The van der Waals surface area contributed by atoms with Gasteiger partial charge in [0.05, 0.1) is 0 Å². The maximum Gasteiger partial charge on any atom is 0.410 e. The summed E-state index contributed by atoms with van der Waals surface area (Å²) < 4.78 is 5.36. The first kappa shape index (κ1) is 14.8. The lowest BCUT2D eigenvalue weighted by molar-refractivity contribution is 0.0942. The molecule has 7 heteroatoms. The van der Waals surface area contributed by atoms with E-state index in [1.165, 1.54) is 0 Å². The van der Waals surface area contributed by atoms with Crippen LogP contribution < -0.4 is 4.90 Å². The molecule has 0 spiro atoms. The standard InChI is InChI=1S/C15H18N4O2S/c1-12-16-17-14(22-12)18-7-9-19(10-8-18)15(20)21-11-13-5-3-2-4-6-13/h2-6H,7-11H2,1H3. The fourth-order valence-electron chi connectivity index (χ4n) is 2.30. The van der Waals surface area contributed by atoms with Crippen LogP contribution in [0.25, 0.3) is 0 Å². The zero-order valence-electron chi connectivity index (χ0n) is 12.4. The molecule has 0 N–H and O–H groups in total. The molecule has 2 heterocycles. The fraction of sp³-hybridized carbons (Fsp3) is 0.400. The summed E-state index contributed by atoms with van der Waals surface area (Å²) in [7, 11) is 0. The lowest BCUT2D eigenvalue weighted by atomic mass is 10.2. The van der Waals surface area contributed by atoms with Crippen LogP contribution in [0.4, 0.5) is 9.93 Å². The van der Waals surface area contributed by atoms with E-state index in [0.29, 0.717) is 19.7 Å². The molecule has 0 radical (unpaired) electrons. The van der Waals surface area contributed by atoms with Crippen molar-refractivity contribution in [2.75, 3.05) is 31.1 Å². The third-order valence-electron chi connectivity index (χ3n) is 3.53. The topological polar surface area (TPSA) is 58.6 Å². The third-order valence-corrected chi connectivity index (χ3v) is 4.43. The number of ether oxygens (including phenoxy) is 1. The number of anilines is 1. The smallest absolute Gasteiger partial charge is 0.410 e. The first-order valence-corrected chi connectivity index (χ1v) is 8.05. The summed E-state index contributed by atoms with van der Waals surface area (Å²) in [6, 6.07) is 9.71. The van der Waals surface area contributed by atoms with Gasteiger partial charge in [-0.15, -0.1) is 10.2 Å². The zero-order chi connectivity index (χ0) is 15.4. The van der Waals surface area contributed by atoms with Gasteiger partial charge in [-0.25, -0.2) is 4.79 Å². The van der Waals surface area contributed by atoms with Crippen LogP contribution in [-0.2, 0) is 11.3 Å². The Kier molecular flexibility index (Phi) is 4.53. The summed E-state index contributed by atoms with van der Waals surface area (Å²) in [6.45, 7) is 5.07. The Labute approximate surface area is 133 Å². The van der Waals surface area contributed by atoms with Crippen molar-refractivity contribution in [3.05, 3.63) is 40.9 Å². The molecular formula is C15H18N4O2S. The fourth-order valence-corrected chi connectivity index (χ4v) is 3.04. The van der Waals surface area contributed by atoms with Crippen LogP contribution in [0.5, 0.6) is 0 Å². The van der Waals surface area contributed by atoms with Crippen LogP contribution in [0.1, 0.15) is 10.6 Å². The highest BCUT2D eigenvalue weighted by Gasteiger charge is 2.23. The van der Waals surface area contributed by atoms with Crippen LogP contribution in [0, 0.1) is 6.92 Å². The number of piperazine rings is 1. The number of amides is 1. The lowest BCUT2D eigenvalue weighted by Crippen LogP contribution is -2.48. The van der Waals surface area contributed by atoms with Crippen molar-refractivity contribution in [3.8, 4) is 0 Å². The Bertz CT molecular complexity index is 623. The summed E-state index contributed by atoms with van der Waals surface area (Å²) in [5.41, 5.74) is 0.999. The molecule has 0 saturated carbocycles. The molecule has 0 bridgehead atoms. The van der Waals surface area contributed by atoms with E-state index in [1.807, 2.05) is 37.3 Å². The van der Waals surface area contributed by atoms with Gasteiger partial charge in [0.1, 0.15) is 11.6 Å². The van der Waals surface area contributed by atoms with Gasteiger partial charge in [0.15, 0.2) is 0 Å². The molecule has 1 saturated heterocycles. The van der Waals surface area contributed by atoms with Gasteiger partial charge in [-0.05, 0) is 12.5 Å². The average Bonchev–Trinajstić information content (AvgIpc) is 3.00. The molecule has 22 heavy (non-hydrogen) atoms. The van der Waals surface area contributed by atoms with E-state index < -0.39 is 0 Å². The average molecular weight is 318 g/mol. The Hall–Kier alpha value is -2.15. The number of hydrogen-bond acceptors (Lipinski definition) is 6. The van der Waals surface area contributed by atoms with Crippen molar-refractivity contribution >= 4 is 22.6 Å². The van der Waals surface area contributed by atoms with Crippen molar-refractivity contribution in [1.29, 1.82) is 0 Å². The minimum Gasteiger partial charge on any atom is -0.445 e. The molecule has 1 aliphatic rings. The predicted octanol–water partition coefficient (Wildman–Crippen LogP) is 2.31. The molecule has 1 aromatic heterocycles. The molecule has 1 amide bonds. The number of nitrogens with zero attached hydrogens (tertiary/aromatic N) is 4. The van der Waals surface area contributed by atoms with Crippen molar-refractivity contribution in [2.24, 2.45) is 0 Å². The van der Waals surface area contributed by atoms with E-state index in [9.17, 15) is 4.79 Å². The minimum atomic E-state index is -0.253. The number of carbonyl (C=O) groups is 1. The third kappa shape index (κ3) is 3.54. The van der Waals surface area contributed by atoms with Gasteiger partial charge in [-0.1, -0.05) is 41.7 Å². The molecule has 0 unspecified atom stereocenters. The van der Waals surface area contributed by atoms with Crippen molar-refractivity contribution < 1.29 is 9.53 Å². The summed E-state index contributed by atoms with van der Waals surface area (Å²) >= 11 is 1.58. The van der Waals surface area contributed by atoms with Crippen LogP contribution in [0.2, 0.25) is 0 Å². The number of benzene rings is 1. The highest BCUT2D eigenvalue weighted by molar-refractivity contribution is 7.15.